The van der Waals surface area contributed by atoms with Crippen LogP contribution in [-0.2, 0) is 18.9 Å². The molecule has 1 heterocycles. The zero-order chi connectivity index (χ0) is 19.3. The fourth-order valence-electron chi connectivity index (χ4n) is 6.01. The summed E-state index contributed by atoms with van der Waals surface area (Å²) in [6.07, 6.45) is 8.13. The van der Waals surface area contributed by atoms with Gasteiger partial charge in [0.2, 0.25) is 5.78 Å². The summed E-state index contributed by atoms with van der Waals surface area (Å²) >= 11 is 0. The number of rotatable bonds is 3. The summed E-state index contributed by atoms with van der Waals surface area (Å²) in [4.78, 5) is 18.0. The molecule has 3 nitrogen and oxygen atoms in total. The highest BCUT2D eigenvalue weighted by Crippen LogP contribution is 2.55. The molecule has 1 aromatic carbocycles. The number of aryl methyl sites for hydroxylation is 1. The van der Waals surface area contributed by atoms with Gasteiger partial charge >= 0.3 is 0 Å². The van der Waals surface area contributed by atoms with E-state index >= 15 is 0 Å². The molecule has 2 aliphatic carbocycles. The topological polar surface area (TPSA) is 34.9 Å². The summed E-state index contributed by atoms with van der Waals surface area (Å²) in [5, 5.41) is 0. The van der Waals surface area contributed by atoms with Crippen molar-refractivity contribution in [2.75, 3.05) is 0 Å². The van der Waals surface area contributed by atoms with Gasteiger partial charge in [-0.3, -0.25) is 4.79 Å². The van der Waals surface area contributed by atoms with Gasteiger partial charge in [-0.05, 0) is 52.7 Å². The van der Waals surface area contributed by atoms with Gasteiger partial charge in [0.05, 0.1) is 0 Å². The number of nitrogens with zero attached hydrogens (tertiary/aromatic N) is 2. The number of hydrogen-bond donors (Lipinski definition) is 0. The molecular weight excluding hydrogens is 332 g/mol. The van der Waals surface area contributed by atoms with Crippen molar-refractivity contribution < 1.29 is 4.79 Å². The molecule has 1 unspecified atom stereocenters. The first kappa shape index (κ1) is 18.5. The molecule has 4 atom stereocenters. The lowest BCUT2D eigenvalue weighted by Gasteiger charge is -2.52. The summed E-state index contributed by atoms with van der Waals surface area (Å²) in [6, 6.07) is 7.06. The third-order valence-corrected chi connectivity index (χ3v) is 7.37. The van der Waals surface area contributed by atoms with Gasteiger partial charge in [0, 0.05) is 25.4 Å². The summed E-state index contributed by atoms with van der Waals surface area (Å²) in [6.45, 7) is 9.26. The highest BCUT2D eigenvalue weighted by molar-refractivity contribution is 5.95. The molecule has 2 aliphatic rings. The summed E-state index contributed by atoms with van der Waals surface area (Å²) in [5.41, 5.74) is 4.35. The molecule has 144 valence electrons. The molecule has 1 aromatic heterocycles. The van der Waals surface area contributed by atoms with Crippen LogP contribution in [0.15, 0.2) is 30.6 Å². The van der Waals surface area contributed by atoms with E-state index in [4.69, 9.17) is 0 Å². The van der Waals surface area contributed by atoms with E-state index in [0.29, 0.717) is 23.6 Å². The van der Waals surface area contributed by atoms with Crippen molar-refractivity contribution in [2.45, 2.75) is 64.7 Å². The van der Waals surface area contributed by atoms with Crippen LogP contribution in [0.1, 0.15) is 80.2 Å². The largest absolute Gasteiger partial charge is 0.332 e. The second-order valence-electron chi connectivity index (χ2n) is 9.42. The number of ketones is 1. The van der Waals surface area contributed by atoms with E-state index in [-0.39, 0.29) is 17.1 Å². The zero-order valence-corrected chi connectivity index (χ0v) is 17.3. The molecule has 27 heavy (non-hydrogen) atoms. The number of carbonyl (C=O) groups is 1. The lowest BCUT2D eigenvalue weighted by atomic mass is 9.51. The molecule has 4 rings (SSSR count). The second-order valence-corrected chi connectivity index (χ2v) is 9.42. The van der Waals surface area contributed by atoms with E-state index < -0.39 is 0 Å². The third kappa shape index (κ3) is 2.86. The second kappa shape index (κ2) is 6.61. The number of imidazole rings is 1. The minimum absolute atomic E-state index is 0.0290. The van der Waals surface area contributed by atoms with Crippen molar-refractivity contribution in [3.8, 4) is 0 Å². The van der Waals surface area contributed by atoms with Crippen LogP contribution in [0.25, 0.3) is 0 Å². The number of aromatic nitrogens is 2. The standard InChI is InChI=1S/C24H32N2O/c1-15(2)17-8-9-20-18(13-17)14-19(22(27)23-25-11-12-26(23)5)21-16(3)7-6-10-24(20,21)4/h8-9,11-13,15-16,19,21H,6-7,10,14H2,1-5H3/t16-,19?,21+,24+/m0/s1. The smallest absolute Gasteiger partial charge is 0.201 e. The molecule has 1 saturated carbocycles. The Balaban J connectivity index is 1.84. The molecule has 0 bridgehead atoms. The quantitative estimate of drug-likeness (QED) is 0.693. The van der Waals surface area contributed by atoms with Gasteiger partial charge in [-0.1, -0.05) is 58.7 Å². The van der Waals surface area contributed by atoms with E-state index in [0.717, 1.165) is 6.42 Å². The van der Waals surface area contributed by atoms with Crippen molar-refractivity contribution in [1.29, 1.82) is 0 Å². The minimum Gasteiger partial charge on any atom is -0.332 e. The average Bonchev–Trinajstić information content (AvgIpc) is 3.05. The maximum atomic E-state index is 13.6. The maximum Gasteiger partial charge on any atom is 0.201 e. The van der Waals surface area contributed by atoms with Gasteiger partial charge in [-0.2, -0.15) is 0 Å². The average molecular weight is 365 g/mol. The minimum atomic E-state index is 0.0290. The molecule has 0 spiro atoms. The molecule has 1 fully saturated rings. The van der Waals surface area contributed by atoms with E-state index in [9.17, 15) is 4.79 Å². The Hall–Kier alpha value is -1.90. The van der Waals surface area contributed by atoms with E-state index in [1.165, 1.54) is 36.0 Å². The van der Waals surface area contributed by atoms with Crippen LogP contribution < -0.4 is 0 Å². The first-order valence-corrected chi connectivity index (χ1v) is 10.5. The number of benzene rings is 1. The first-order chi connectivity index (χ1) is 12.8. The van der Waals surface area contributed by atoms with Gasteiger partial charge in [0.15, 0.2) is 5.82 Å². The van der Waals surface area contributed by atoms with E-state index in [1.54, 1.807) is 6.20 Å². The molecule has 0 saturated heterocycles. The van der Waals surface area contributed by atoms with Crippen LogP contribution in [0, 0.1) is 17.8 Å². The Labute approximate surface area is 163 Å². The van der Waals surface area contributed by atoms with Crippen molar-refractivity contribution in [3.63, 3.8) is 0 Å². The number of Topliss-reactive ketones (excluding diaryl/α,β-unsaturated/α-hetero) is 1. The highest BCUT2D eigenvalue weighted by atomic mass is 16.1. The maximum absolute atomic E-state index is 13.6. The van der Waals surface area contributed by atoms with Crippen molar-refractivity contribution >= 4 is 5.78 Å². The first-order valence-electron chi connectivity index (χ1n) is 10.5. The van der Waals surface area contributed by atoms with Gasteiger partial charge < -0.3 is 4.57 Å². The summed E-state index contributed by atoms with van der Waals surface area (Å²) in [5.74, 6) is 2.34. The van der Waals surface area contributed by atoms with Crippen molar-refractivity contribution in [3.05, 3.63) is 53.1 Å². The Morgan fingerprint density at radius 1 is 1.33 bits per heavy atom. The Kier molecular flexibility index (Phi) is 4.52. The fraction of sp³-hybridized carbons (Fsp3) is 0.583. The zero-order valence-electron chi connectivity index (χ0n) is 17.3. The van der Waals surface area contributed by atoms with Crippen molar-refractivity contribution in [1.82, 2.24) is 9.55 Å². The lowest BCUT2D eigenvalue weighted by Crippen LogP contribution is -2.50. The molecule has 3 heteroatoms. The van der Waals surface area contributed by atoms with Crippen LogP contribution >= 0.6 is 0 Å². The van der Waals surface area contributed by atoms with Gasteiger partial charge in [-0.25, -0.2) is 4.98 Å². The van der Waals surface area contributed by atoms with Gasteiger partial charge in [-0.15, -0.1) is 0 Å². The molecule has 0 amide bonds. The summed E-state index contributed by atoms with van der Waals surface area (Å²) in [7, 11) is 1.93. The fourth-order valence-corrected chi connectivity index (χ4v) is 6.01. The van der Waals surface area contributed by atoms with Crippen LogP contribution in [0.2, 0.25) is 0 Å². The Morgan fingerprint density at radius 2 is 2.11 bits per heavy atom. The van der Waals surface area contributed by atoms with Crippen LogP contribution in [0.3, 0.4) is 0 Å². The third-order valence-electron chi connectivity index (χ3n) is 7.37. The monoisotopic (exact) mass is 364 g/mol. The Morgan fingerprint density at radius 3 is 2.78 bits per heavy atom. The van der Waals surface area contributed by atoms with Crippen molar-refractivity contribution in [2.24, 2.45) is 24.8 Å². The number of carbonyl (C=O) groups excluding carboxylic acids is 1. The molecule has 0 aliphatic heterocycles. The normalized spacial score (nSPS) is 30.1. The molecule has 2 aromatic rings. The predicted octanol–water partition coefficient (Wildman–Crippen LogP) is 5.29. The summed E-state index contributed by atoms with van der Waals surface area (Å²) < 4.78 is 1.88. The van der Waals surface area contributed by atoms with E-state index in [1.807, 2.05) is 17.8 Å². The number of hydrogen-bond acceptors (Lipinski definition) is 2. The SMILES string of the molecule is CC(C)c1ccc2c(c1)CC(C(=O)c1nccn1C)[C@H]1[C@@H](C)CCC[C@]21C. The van der Waals surface area contributed by atoms with Crippen LogP contribution in [-0.4, -0.2) is 15.3 Å². The van der Waals surface area contributed by atoms with Gasteiger partial charge in [0.1, 0.15) is 0 Å². The molecular formula is C24H32N2O. The Bertz CT molecular complexity index is 865. The highest BCUT2D eigenvalue weighted by Gasteiger charge is 2.51. The van der Waals surface area contributed by atoms with Gasteiger partial charge in [0.25, 0.3) is 0 Å². The van der Waals surface area contributed by atoms with Crippen LogP contribution in [0.4, 0.5) is 0 Å². The number of fused-ring (bicyclic) bond motifs is 3. The molecule has 0 N–H and O–H groups in total. The predicted molar refractivity (Wildman–Crippen MR) is 109 cm³/mol. The molecule has 0 radical (unpaired) electrons. The van der Waals surface area contributed by atoms with Crippen LogP contribution in [0.5, 0.6) is 0 Å². The van der Waals surface area contributed by atoms with E-state index in [2.05, 4.69) is 50.9 Å². The lowest BCUT2D eigenvalue weighted by molar-refractivity contribution is 0.0488.